The number of phenolic OH excluding ortho intramolecular Hbond substituents is 1. The molecule has 0 aromatic heterocycles. The zero-order valence-corrected chi connectivity index (χ0v) is 11.7. The van der Waals surface area contributed by atoms with Crippen molar-refractivity contribution < 1.29 is 24.2 Å². The molecule has 1 saturated heterocycles. The normalized spacial score (nSPS) is 16.1. The van der Waals surface area contributed by atoms with Crippen LogP contribution in [0.25, 0.3) is 0 Å². The van der Waals surface area contributed by atoms with Crippen LogP contribution in [0, 0.1) is 0 Å². The van der Waals surface area contributed by atoms with Gasteiger partial charge in [0.25, 0.3) is 0 Å². The number of rotatable bonds is 5. The maximum Gasteiger partial charge on any atom is 0.313 e. The number of nitrogens with zero attached hydrogens (tertiary/aromatic N) is 1. The summed E-state index contributed by atoms with van der Waals surface area (Å²) in [5.41, 5.74) is 0.728. The molecule has 1 atom stereocenters. The first-order valence-corrected chi connectivity index (χ1v) is 6.78. The quantitative estimate of drug-likeness (QED) is 0.650. The molecule has 0 radical (unpaired) electrons. The van der Waals surface area contributed by atoms with Crippen molar-refractivity contribution in [1.82, 2.24) is 4.90 Å². The summed E-state index contributed by atoms with van der Waals surface area (Å²) in [7, 11) is 0. The summed E-state index contributed by atoms with van der Waals surface area (Å²) in [6.07, 6.45) is 0.466. The van der Waals surface area contributed by atoms with Gasteiger partial charge >= 0.3 is 5.97 Å². The predicted octanol–water partition coefficient (Wildman–Crippen LogP) is 1.19. The van der Waals surface area contributed by atoms with Gasteiger partial charge in [-0.3, -0.25) is 19.3 Å². The number of ether oxygens (including phenoxy) is 1. The van der Waals surface area contributed by atoms with Gasteiger partial charge in [0.1, 0.15) is 12.4 Å². The van der Waals surface area contributed by atoms with Crippen molar-refractivity contribution in [2.45, 2.75) is 25.7 Å². The van der Waals surface area contributed by atoms with Gasteiger partial charge < -0.3 is 9.84 Å². The second kappa shape index (κ2) is 6.39. The van der Waals surface area contributed by atoms with Gasteiger partial charge in [-0.2, -0.15) is 0 Å². The molecule has 1 aliphatic rings. The number of amides is 2. The van der Waals surface area contributed by atoms with E-state index in [-0.39, 0.29) is 43.6 Å². The summed E-state index contributed by atoms with van der Waals surface area (Å²) in [6, 6.07) is 6.30. The monoisotopic (exact) mass is 291 g/mol. The van der Waals surface area contributed by atoms with Gasteiger partial charge in [0.2, 0.25) is 11.8 Å². The molecule has 1 heterocycles. The molecule has 1 aromatic rings. The van der Waals surface area contributed by atoms with Crippen LogP contribution in [0.1, 0.15) is 31.2 Å². The number of likely N-dealkylation sites (tertiary alicyclic amines) is 1. The molecule has 6 heteroatoms. The summed E-state index contributed by atoms with van der Waals surface area (Å²) < 4.78 is 5.10. The summed E-state index contributed by atoms with van der Waals surface area (Å²) >= 11 is 0. The van der Waals surface area contributed by atoms with E-state index in [9.17, 15) is 19.5 Å². The molecule has 21 heavy (non-hydrogen) atoms. The van der Waals surface area contributed by atoms with Crippen LogP contribution in [0.5, 0.6) is 5.75 Å². The van der Waals surface area contributed by atoms with Gasteiger partial charge in [-0.1, -0.05) is 12.1 Å². The smallest absolute Gasteiger partial charge is 0.313 e. The Morgan fingerprint density at radius 1 is 1.24 bits per heavy atom. The summed E-state index contributed by atoms with van der Waals surface area (Å²) in [5, 5.41) is 9.20. The van der Waals surface area contributed by atoms with E-state index in [2.05, 4.69) is 0 Å². The molecule has 1 unspecified atom stereocenters. The van der Waals surface area contributed by atoms with Gasteiger partial charge in [-0.25, -0.2) is 0 Å². The minimum atomic E-state index is -0.476. The van der Waals surface area contributed by atoms with Gasteiger partial charge in [-0.15, -0.1) is 0 Å². The zero-order valence-electron chi connectivity index (χ0n) is 11.7. The van der Waals surface area contributed by atoms with Crippen LogP contribution in [-0.2, 0) is 19.1 Å². The number of phenols is 1. The standard InChI is InChI=1S/C15H17NO5/c1-10(11-2-4-12(17)5-3-11)15(20)21-9-8-16-13(18)6-7-14(16)19/h2-5,10,17H,6-9H2,1H3. The molecule has 1 aromatic carbocycles. The number of imide groups is 1. The zero-order chi connectivity index (χ0) is 15.4. The molecular weight excluding hydrogens is 274 g/mol. The molecule has 0 saturated carbocycles. The highest BCUT2D eigenvalue weighted by molar-refractivity contribution is 6.01. The lowest BCUT2D eigenvalue weighted by Crippen LogP contribution is -2.33. The first-order valence-electron chi connectivity index (χ1n) is 6.78. The van der Waals surface area contributed by atoms with Gasteiger partial charge in [0.15, 0.2) is 0 Å². The van der Waals surface area contributed by atoms with Crippen LogP contribution < -0.4 is 0 Å². The van der Waals surface area contributed by atoms with Crippen molar-refractivity contribution >= 4 is 17.8 Å². The van der Waals surface area contributed by atoms with Gasteiger partial charge in [0.05, 0.1) is 12.5 Å². The SMILES string of the molecule is CC(C(=O)OCCN1C(=O)CCC1=O)c1ccc(O)cc1. The molecule has 112 valence electrons. The van der Waals surface area contributed by atoms with E-state index < -0.39 is 11.9 Å². The first-order chi connectivity index (χ1) is 9.99. The lowest BCUT2D eigenvalue weighted by molar-refractivity contribution is -0.149. The second-order valence-corrected chi connectivity index (χ2v) is 4.92. The average Bonchev–Trinajstić information content (AvgIpc) is 2.79. The van der Waals surface area contributed by atoms with E-state index in [1.807, 2.05) is 0 Å². The highest BCUT2D eigenvalue weighted by atomic mass is 16.5. The number of esters is 1. The molecule has 0 spiro atoms. The molecular formula is C15H17NO5. The first kappa shape index (κ1) is 15.0. The van der Waals surface area contributed by atoms with Gasteiger partial charge in [0, 0.05) is 12.8 Å². The van der Waals surface area contributed by atoms with Crippen LogP contribution >= 0.6 is 0 Å². The number of aromatic hydroxyl groups is 1. The lowest BCUT2D eigenvalue weighted by atomic mass is 10.0. The number of carbonyl (C=O) groups is 3. The molecule has 1 aliphatic heterocycles. The fourth-order valence-corrected chi connectivity index (χ4v) is 2.13. The Balaban J connectivity index is 1.83. The molecule has 0 bridgehead atoms. The average molecular weight is 291 g/mol. The third-order valence-corrected chi connectivity index (χ3v) is 3.46. The van der Waals surface area contributed by atoms with E-state index in [0.29, 0.717) is 0 Å². The third-order valence-electron chi connectivity index (χ3n) is 3.46. The Morgan fingerprint density at radius 2 is 1.81 bits per heavy atom. The number of benzene rings is 1. The van der Waals surface area contributed by atoms with Crippen molar-refractivity contribution in [2.24, 2.45) is 0 Å². The molecule has 1 fully saturated rings. The third kappa shape index (κ3) is 3.59. The Labute approximate surface area is 122 Å². The van der Waals surface area contributed by atoms with Crippen LogP contribution in [0.4, 0.5) is 0 Å². The summed E-state index contributed by atoms with van der Waals surface area (Å²) in [5.74, 6) is -1.22. The fourth-order valence-electron chi connectivity index (χ4n) is 2.13. The van der Waals surface area contributed by atoms with Crippen LogP contribution in [-0.4, -0.2) is 40.9 Å². The highest BCUT2D eigenvalue weighted by Crippen LogP contribution is 2.19. The second-order valence-electron chi connectivity index (χ2n) is 4.92. The van der Waals surface area contributed by atoms with E-state index in [0.717, 1.165) is 10.5 Å². The fraction of sp³-hybridized carbons (Fsp3) is 0.400. The summed E-state index contributed by atoms with van der Waals surface area (Å²) in [6.45, 7) is 1.80. The molecule has 6 nitrogen and oxygen atoms in total. The van der Waals surface area contributed by atoms with Crippen molar-refractivity contribution in [3.63, 3.8) is 0 Å². The molecule has 2 rings (SSSR count). The molecule has 1 N–H and O–H groups in total. The number of hydrogen-bond acceptors (Lipinski definition) is 5. The maximum atomic E-state index is 11.9. The Kier molecular flexibility index (Phi) is 4.57. The Morgan fingerprint density at radius 3 is 2.38 bits per heavy atom. The number of carbonyl (C=O) groups excluding carboxylic acids is 3. The lowest BCUT2D eigenvalue weighted by Gasteiger charge is -2.15. The van der Waals surface area contributed by atoms with E-state index in [4.69, 9.17) is 4.74 Å². The molecule has 0 aliphatic carbocycles. The maximum absolute atomic E-state index is 11.9. The van der Waals surface area contributed by atoms with Crippen LogP contribution in [0.2, 0.25) is 0 Å². The Bertz CT molecular complexity index is 536. The summed E-state index contributed by atoms with van der Waals surface area (Å²) in [4.78, 5) is 35.8. The predicted molar refractivity (Wildman–Crippen MR) is 73.4 cm³/mol. The van der Waals surface area contributed by atoms with E-state index >= 15 is 0 Å². The minimum absolute atomic E-state index is 0.00125. The largest absolute Gasteiger partial charge is 0.508 e. The van der Waals surface area contributed by atoms with Crippen LogP contribution in [0.15, 0.2) is 24.3 Å². The van der Waals surface area contributed by atoms with Crippen molar-refractivity contribution in [3.8, 4) is 5.75 Å². The van der Waals surface area contributed by atoms with Crippen molar-refractivity contribution in [3.05, 3.63) is 29.8 Å². The van der Waals surface area contributed by atoms with Crippen molar-refractivity contribution in [2.75, 3.05) is 13.2 Å². The Hall–Kier alpha value is -2.37. The van der Waals surface area contributed by atoms with Crippen LogP contribution in [0.3, 0.4) is 0 Å². The highest BCUT2D eigenvalue weighted by Gasteiger charge is 2.28. The minimum Gasteiger partial charge on any atom is -0.508 e. The molecule has 2 amide bonds. The topological polar surface area (TPSA) is 83.9 Å². The van der Waals surface area contributed by atoms with Crippen molar-refractivity contribution in [1.29, 1.82) is 0 Å². The van der Waals surface area contributed by atoms with E-state index in [1.54, 1.807) is 19.1 Å². The number of hydrogen-bond donors (Lipinski definition) is 1. The van der Waals surface area contributed by atoms with Gasteiger partial charge in [-0.05, 0) is 24.6 Å². The van der Waals surface area contributed by atoms with E-state index in [1.165, 1.54) is 12.1 Å².